The molecule has 2 aliphatic heterocycles. The molecule has 1 aromatic carbocycles. The molecule has 1 saturated heterocycles. The Kier molecular flexibility index (Phi) is 7.65. The first-order valence-electron chi connectivity index (χ1n) is 12.6. The number of carbonyl (C=O) groups excluding carboxylic acids is 1. The Bertz CT molecular complexity index is 786. The number of ether oxygens (including phenoxy) is 3. The zero-order valence-corrected chi connectivity index (χ0v) is 20.4. The van der Waals surface area contributed by atoms with Gasteiger partial charge in [0.2, 0.25) is 0 Å². The summed E-state index contributed by atoms with van der Waals surface area (Å²) in [5.41, 5.74) is 2.72. The van der Waals surface area contributed by atoms with Crippen molar-refractivity contribution in [2.75, 3.05) is 33.9 Å². The fraction of sp³-hybridized carbons (Fsp3) is 0.741. The Balaban J connectivity index is 1.48. The highest BCUT2D eigenvalue weighted by atomic mass is 16.5. The third-order valence-electron chi connectivity index (χ3n) is 7.94. The first kappa shape index (κ1) is 23.4. The predicted molar refractivity (Wildman–Crippen MR) is 126 cm³/mol. The molecule has 1 aromatic rings. The number of methoxy groups -OCH3 is 2. The van der Waals surface area contributed by atoms with E-state index in [1.807, 2.05) is 0 Å². The molecule has 1 saturated carbocycles. The van der Waals surface area contributed by atoms with Gasteiger partial charge in [0.1, 0.15) is 0 Å². The summed E-state index contributed by atoms with van der Waals surface area (Å²) < 4.78 is 17.1. The summed E-state index contributed by atoms with van der Waals surface area (Å²) >= 11 is 0. The van der Waals surface area contributed by atoms with E-state index in [1.165, 1.54) is 43.2 Å². The molecule has 0 unspecified atom stereocenters. The van der Waals surface area contributed by atoms with Crippen LogP contribution in [0.2, 0.25) is 0 Å². The topological polar surface area (TPSA) is 48.0 Å². The molecule has 0 radical (unpaired) electrons. The second-order valence-corrected chi connectivity index (χ2v) is 10.6. The van der Waals surface area contributed by atoms with E-state index in [4.69, 9.17) is 14.2 Å². The van der Waals surface area contributed by atoms with Gasteiger partial charge in [0, 0.05) is 25.6 Å². The van der Waals surface area contributed by atoms with Gasteiger partial charge in [-0.1, -0.05) is 26.7 Å². The van der Waals surface area contributed by atoms with Gasteiger partial charge in [-0.3, -0.25) is 9.69 Å². The Morgan fingerprint density at radius 1 is 1.09 bits per heavy atom. The fourth-order valence-electron chi connectivity index (χ4n) is 6.29. The number of piperidine rings is 1. The van der Waals surface area contributed by atoms with E-state index < -0.39 is 0 Å². The van der Waals surface area contributed by atoms with Gasteiger partial charge in [0.15, 0.2) is 11.5 Å². The first-order chi connectivity index (χ1) is 15.5. The summed E-state index contributed by atoms with van der Waals surface area (Å²) in [5.74, 6) is 3.80. The van der Waals surface area contributed by atoms with Crippen molar-refractivity contribution in [3.63, 3.8) is 0 Å². The number of rotatable bonds is 8. The third kappa shape index (κ3) is 5.24. The molecule has 5 heteroatoms. The van der Waals surface area contributed by atoms with E-state index in [1.54, 1.807) is 14.2 Å². The Morgan fingerprint density at radius 3 is 2.50 bits per heavy atom. The molecule has 0 spiro atoms. The first-order valence-corrected chi connectivity index (χ1v) is 12.6. The molecule has 5 nitrogen and oxygen atoms in total. The van der Waals surface area contributed by atoms with Gasteiger partial charge < -0.3 is 14.2 Å². The molecule has 2 heterocycles. The van der Waals surface area contributed by atoms with Gasteiger partial charge in [-0.05, 0) is 79.0 Å². The molecule has 3 atom stereocenters. The van der Waals surface area contributed by atoms with Gasteiger partial charge in [0.05, 0.1) is 20.8 Å². The molecule has 0 amide bonds. The average Bonchev–Trinajstić information content (AvgIpc) is 3.29. The van der Waals surface area contributed by atoms with Crippen LogP contribution in [0.1, 0.15) is 76.0 Å². The fourth-order valence-corrected chi connectivity index (χ4v) is 6.29. The average molecular weight is 444 g/mol. The smallest absolute Gasteiger partial charge is 0.306 e. The second kappa shape index (κ2) is 10.5. The standard InChI is InChI=1S/C27H41NO4/c1-18(2)11-21-16-28-10-9-20-14-25(30-3)26(31-4)15-23(20)24(28)13-22(21)17-32-27(29)12-19-7-5-6-8-19/h14-15,18-19,21-22,24H,5-13,16-17H2,1-4H3/t21-,22+,24-/m1/s1. The lowest BCUT2D eigenvalue weighted by molar-refractivity contribution is -0.148. The number of benzene rings is 1. The van der Waals surface area contributed by atoms with E-state index in [0.717, 1.165) is 37.4 Å². The van der Waals surface area contributed by atoms with Crippen molar-refractivity contribution in [1.82, 2.24) is 4.90 Å². The van der Waals surface area contributed by atoms with Crippen LogP contribution in [0.5, 0.6) is 11.5 Å². The Hall–Kier alpha value is -1.75. The largest absolute Gasteiger partial charge is 0.493 e. The molecule has 32 heavy (non-hydrogen) atoms. The maximum Gasteiger partial charge on any atom is 0.306 e. The van der Waals surface area contributed by atoms with Gasteiger partial charge in [-0.25, -0.2) is 0 Å². The summed E-state index contributed by atoms with van der Waals surface area (Å²) in [6.45, 7) is 7.34. The second-order valence-electron chi connectivity index (χ2n) is 10.6. The minimum atomic E-state index is 0.0121. The normalized spacial score (nSPS) is 26.0. The summed E-state index contributed by atoms with van der Waals surface area (Å²) in [6, 6.07) is 4.69. The van der Waals surface area contributed by atoms with Crippen LogP contribution < -0.4 is 9.47 Å². The third-order valence-corrected chi connectivity index (χ3v) is 7.94. The maximum atomic E-state index is 12.5. The Morgan fingerprint density at radius 2 is 1.81 bits per heavy atom. The van der Waals surface area contributed by atoms with E-state index in [-0.39, 0.29) is 5.97 Å². The van der Waals surface area contributed by atoms with Crippen LogP contribution in [0.15, 0.2) is 12.1 Å². The summed E-state index contributed by atoms with van der Waals surface area (Å²) in [6.07, 6.45) is 8.79. The van der Waals surface area contributed by atoms with Crippen LogP contribution >= 0.6 is 0 Å². The molecule has 4 rings (SSSR count). The molecule has 178 valence electrons. The number of hydrogen-bond acceptors (Lipinski definition) is 5. The van der Waals surface area contributed by atoms with Gasteiger partial charge in [-0.15, -0.1) is 0 Å². The highest BCUT2D eigenvalue weighted by molar-refractivity contribution is 5.69. The molecular weight excluding hydrogens is 402 g/mol. The summed E-state index contributed by atoms with van der Waals surface area (Å²) in [7, 11) is 3.41. The predicted octanol–water partition coefficient (Wildman–Crippen LogP) is 5.41. The quantitative estimate of drug-likeness (QED) is 0.503. The van der Waals surface area contributed by atoms with Crippen LogP contribution in [0.3, 0.4) is 0 Å². The van der Waals surface area contributed by atoms with Crippen molar-refractivity contribution in [2.45, 2.75) is 71.3 Å². The molecule has 1 aliphatic carbocycles. The monoisotopic (exact) mass is 443 g/mol. The highest BCUT2D eigenvalue weighted by Crippen LogP contribution is 2.45. The highest BCUT2D eigenvalue weighted by Gasteiger charge is 2.40. The van der Waals surface area contributed by atoms with Crippen molar-refractivity contribution in [3.05, 3.63) is 23.3 Å². The number of esters is 1. The van der Waals surface area contributed by atoms with Gasteiger partial charge in [0.25, 0.3) is 0 Å². The number of carbonyl (C=O) groups is 1. The minimum absolute atomic E-state index is 0.0121. The summed E-state index contributed by atoms with van der Waals surface area (Å²) in [5, 5.41) is 0. The van der Waals surface area contributed by atoms with Crippen molar-refractivity contribution in [1.29, 1.82) is 0 Å². The lowest BCUT2D eigenvalue weighted by atomic mass is 9.74. The number of fused-ring (bicyclic) bond motifs is 3. The molecule has 0 aromatic heterocycles. The number of hydrogen-bond donors (Lipinski definition) is 0. The molecule has 2 fully saturated rings. The molecule has 3 aliphatic rings. The van der Waals surface area contributed by atoms with Gasteiger partial charge in [-0.2, -0.15) is 0 Å². The van der Waals surface area contributed by atoms with E-state index in [9.17, 15) is 4.79 Å². The minimum Gasteiger partial charge on any atom is -0.493 e. The lowest BCUT2D eigenvalue weighted by Gasteiger charge is -2.47. The van der Waals surface area contributed by atoms with Crippen molar-refractivity contribution in [3.8, 4) is 11.5 Å². The van der Waals surface area contributed by atoms with Crippen molar-refractivity contribution in [2.24, 2.45) is 23.7 Å². The van der Waals surface area contributed by atoms with E-state index in [2.05, 4.69) is 30.9 Å². The molecule has 0 N–H and O–H groups in total. The van der Waals surface area contributed by atoms with E-state index in [0.29, 0.717) is 42.7 Å². The van der Waals surface area contributed by atoms with E-state index >= 15 is 0 Å². The van der Waals surface area contributed by atoms with Crippen molar-refractivity contribution >= 4 is 5.97 Å². The summed E-state index contributed by atoms with van der Waals surface area (Å²) in [4.78, 5) is 15.2. The zero-order valence-electron chi connectivity index (χ0n) is 20.4. The van der Waals surface area contributed by atoms with Crippen molar-refractivity contribution < 1.29 is 19.0 Å². The van der Waals surface area contributed by atoms with Crippen LogP contribution in [-0.4, -0.2) is 44.8 Å². The van der Waals surface area contributed by atoms with Crippen LogP contribution in [-0.2, 0) is 16.0 Å². The van der Waals surface area contributed by atoms with Crippen LogP contribution in [0.25, 0.3) is 0 Å². The molecular formula is C27H41NO4. The van der Waals surface area contributed by atoms with Crippen LogP contribution in [0.4, 0.5) is 0 Å². The maximum absolute atomic E-state index is 12.5. The number of nitrogens with zero attached hydrogens (tertiary/aromatic N) is 1. The lowest BCUT2D eigenvalue weighted by Crippen LogP contribution is -2.47. The molecule has 0 bridgehead atoms. The van der Waals surface area contributed by atoms with Crippen LogP contribution in [0, 0.1) is 23.7 Å². The Labute approximate surface area is 193 Å². The SMILES string of the molecule is COc1cc2c(cc1OC)[C@H]1C[C@@H](COC(=O)CC3CCCC3)[C@H](CC(C)C)CN1CC2. The van der Waals surface area contributed by atoms with Gasteiger partial charge >= 0.3 is 5.97 Å². The zero-order chi connectivity index (χ0) is 22.7.